The van der Waals surface area contributed by atoms with Gasteiger partial charge in [-0.25, -0.2) is 37.9 Å². The fraction of sp³-hybridized carbons (Fsp3) is 0.393. The normalized spacial score (nSPS) is 14.7. The van der Waals surface area contributed by atoms with Gasteiger partial charge in [0, 0.05) is 92.0 Å². The van der Waals surface area contributed by atoms with Crippen molar-refractivity contribution < 1.29 is 63.7 Å². The fourth-order valence-electron chi connectivity index (χ4n) is 13.9. The summed E-state index contributed by atoms with van der Waals surface area (Å²) in [4.78, 5) is 158. The molecule has 4 aliphatic rings. The number of carbonyl (C=O) groups is 7. The van der Waals surface area contributed by atoms with Gasteiger partial charge in [0.15, 0.2) is 6.29 Å². The number of urea groups is 1. The van der Waals surface area contributed by atoms with Gasteiger partial charge in [0.25, 0.3) is 34.4 Å². The number of benzene rings is 3. The molecule has 0 radical (unpaired) electrons. The summed E-state index contributed by atoms with van der Waals surface area (Å²) in [7, 11) is 20.6. The van der Waals surface area contributed by atoms with Gasteiger partial charge in [-0.2, -0.15) is 0 Å². The van der Waals surface area contributed by atoms with E-state index in [1.54, 1.807) is 113 Å². The van der Waals surface area contributed by atoms with E-state index in [9.17, 15) is 61.1 Å². The summed E-state index contributed by atoms with van der Waals surface area (Å²) in [6.07, 6.45) is 6.24. The lowest BCUT2D eigenvalue weighted by Crippen LogP contribution is -3.00. The molecule has 14 rings (SSSR count). The summed E-state index contributed by atoms with van der Waals surface area (Å²) < 4.78 is 49.2. The zero-order valence-corrected chi connectivity index (χ0v) is 74.7. The monoisotopic (exact) mass is 1790 g/mol. The average Bonchev–Trinajstić information content (AvgIpc) is 1.21. The van der Waals surface area contributed by atoms with Gasteiger partial charge in [-0.3, -0.25) is 71.2 Å². The Hall–Kier alpha value is -12.1. The number of anilines is 4. The molecule has 662 valence electrons. The number of carbonyl (C=O) groups excluding carboxylic acids is 7. The van der Waals surface area contributed by atoms with Crippen LogP contribution in [0.4, 0.5) is 40.7 Å². The Kier molecular flexibility index (Phi) is 30.6. The second-order valence-corrected chi connectivity index (χ2v) is 33.9. The van der Waals surface area contributed by atoms with Crippen molar-refractivity contribution in [3.63, 3.8) is 0 Å². The molecule has 3 fully saturated rings. The third-order valence-electron chi connectivity index (χ3n) is 20.0. The molecule has 3 saturated heterocycles. The van der Waals surface area contributed by atoms with E-state index in [-0.39, 0.29) is 153 Å². The minimum atomic E-state index is -1.46. The fourth-order valence-corrected chi connectivity index (χ4v) is 14.3. The van der Waals surface area contributed by atoms with Crippen LogP contribution in [0, 0.1) is 0 Å². The van der Waals surface area contributed by atoms with E-state index < -0.39 is 75.7 Å². The smallest absolute Gasteiger partial charge is 0.318 e. The number of aromatic nitrogens is 8. The minimum absolute atomic E-state index is 0. The number of fused-ring (bicyclic) bond motifs is 7. The number of likely N-dealkylation sites (tertiary alicyclic amines) is 3. The number of halogens is 7. The summed E-state index contributed by atoms with van der Waals surface area (Å²) in [5.74, 6) is -2.20. The van der Waals surface area contributed by atoms with Gasteiger partial charge in [0.2, 0.25) is 24.1 Å². The molecule has 1 atom stereocenters. The van der Waals surface area contributed by atoms with E-state index in [1.807, 2.05) is 88.5 Å². The highest BCUT2D eigenvalue weighted by molar-refractivity contribution is 6.31. The maximum atomic E-state index is 14.0. The predicted molar refractivity (Wildman–Crippen MR) is 471 cm³/mol. The Morgan fingerprint density at radius 3 is 1.23 bits per heavy atom. The Morgan fingerprint density at radius 1 is 0.548 bits per heavy atom. The number of aryl methyl sites for hydroxylation is 1. The van der Waals surface area contributed by atoms with E-state index in [2.05, 4.69) is 41.5 Å². The summed E-state index contributed by atoms with van der Waals surface area (Å²) >= 11 is 17.7. The Balaban J connectivity index is 0.000000194. The van der Waals surface area contributed by atoms with Crippen LogP contribution in [0.25, 0.3) is 44.1 Å². The van der Waals surface area contributed by atoms with Crippen molar-refractivity contribution in [2.24, 2.45) is 7.05 Å². The van der Waals surface area contributed by atoms with Gasteiger partial charge in [0.1, 0.15) is 81.6 Å². The summed E-state index contributed by atoms with van der Waals surface area (Å²) in [5.41, 5.74) is 11.1. The van der Waals surface area contributed by atoms with E-state index in [4.69, 9.17) is 51.3 Å². The van der Waals surface area contributed by atoms with Crippen LogP contribution in [0.1, 0.15) is 94.1 Å². The summed E-state index contributed by atoms with van der Waals surface area (Å²) in [6.45, 7) is 7.35. The number of pyridine rings is 6. The first-order chi connectivity index (χ1) is 57.7. The van der Waals surface area contributed by atoms with Gasteiger partial charge < -0.3 is 79.5 Å². The molecule has 7 aromatic heterocycles. The molecule has 1 unspecified atom stereocenters. The number of imidazole rings is 1. The quantitative estimate of drug-likeness (QED) is 0.0351. The number of nitrogens with zero attached hydrogens (tertiary/aromatic N) is 16. The molecule has 124 heavy (non-hydrogen) atoms. The lowest BCUT2D eigenvalue weighted by molar-refractivity contribution is -0.464. The minimum Gasteiger partial charge on any atom is -1.00 e. The van der Waals surface area contributed by atoms with Gasteiger partial charge in [0.05, 0.1) is 114 Å². The highest BCUT2D eigenvalue weighted by Crippen LogP contribution is 2.37. The predicted octanol–water partition coefficient (Wildman–Crippen LogP) is 4.59. The molecule has 10 aromatic rings. The maximum Gasteiger partial charge on any atom is 0.318 e. The molecule has 33 nitrogen and oxygen atoms in total. The number of rotatable bonds is 18. The Morgan fingerprint density at radius 2 is 0.895 bits per heavy atom. The van der Waals surface area contributed by atoms with E-state index in [0.29, 0.717) is 42.7 Å². The van der Waals surface area contributed by atoms with Crippen LogP contribution in [0.3, 0.4) is 0 Å². The van der Waals surface area contributed by atoms with Crippen LogP contribution in [0.5, 0.6) is 0 Å². The number of amides is 8. The van der Waals surface area contributed by atoms with Crippen molar-refractivity contribution in [1.29, 1.82) is 0 Å². The molecule has 0 spiro atoms. The van der Waals surface area contributed by atoms with Crippen LogP contribution >= 0.6 is 34.8 Å². The van der Waals surface area contributed by atoms with Crippen molar-refractivity contribution in [3.05, 3.63) is 195 Å². The first-order valence-electron chi connectivity index (χ1n) is 39.0. The Labute approximate surface area is 734 Å². The molecular formula is C84H102Cl4F3N23O10. The third-order valence-corrected chi connectivity index (χ3v) is 20.8. The molecule has 11 heterocycles. The van der Waals surface area contributed by atoms with Crippen molar-refractivity contribution in [3.8, 4) is 0 Å². The van der Waals surface area contributed by atoms with Crippen LogP contribution in [0.15, 0.2) is 124 Å². The molecule has 9 N–H and O–H groups in total. The third kappa shape index (κ3) is 23.0. The first kappa shape index (κ1) is 95.7. The second kappa shape index (κ2) is 39.6. The van der Waals surface area contributed by atoms with E-state index in [0.717, 1.165) is 32.6 Å². The standard InChI is InChI=1S/C27H28ClFN6O3.C25H27ClFN7O3.C22H22ClFN6O3.C5H12N2O.C5H13N2.ClH/c1-15(2)23-32-22-18-9-19(25(37)31-10-16-5-7-17(28)8-6-16)26(38)35(24(18)30-11-20(22)33(23)4)12-21(36)34-13-27(3,29)14-34;1-25(27)12-33(13-25)19(35)11-34-21-16(20-18(10-28-21)30-24(31-20)32(2)3)8-17(23(34)37)22(36)29-9-14-4-6-15(26)7-5-14;1-22(24)10-29(11-22)17(31)9-30-19-14(18(26)16(25)8-27-19)6-15(21(30)33)20(32)28-7-12-2-4-13(23)5-3-12;1-6(2)5(8)7(3)4;1-6(2)5-7(3)4;/h5-9,11,15H,10,12-14H2,1-4H3,(H,31,37);4-8,10,24,30-31H,9,11-13H2,1-3H3,(H,29,36);2-6,8H,7,9-11,25H2,1H3,(H2,26,27)(H,28,32);1-4H3;5H,1-4H3;1H/q;;;;+1;/p-1. The largest absolute Gasteiger partial charge is 1.00 e. The van der Waals surface area contributed by atoms with Crippen LogP contribution < -0.4 is 67.1 Å². The number of nitrogen functional groups attached to an aromatic ring is 2. The van der Waals surface area contributed by atoms with E-state index >= 15 is 0 Å². The molecule has 8 amide bonds. The SMILES string of the molecule is CC(C)c1nc2c3cc(C(=O)NCc4ccc(Cl)cc4)c(=O)n(CC(=O)N4CC(C)(F)C4)c3ncc2n1C.CC1(F)CN(C(=O)Cn2c(=O)c(C(=O)NCc3ccc(Cl)cc3)cc3c(N)c(N)cnc32)C1.CN(C)C(=O)N(C)C.CN(C)C1Nc2cnc3c(cc(C(=O)NCc4ccc(Cl)cc4)c(=O)n3CC(=O)N3CC(C)(F)C3)c2N1.CN(C)C=[N+](C)C.[Cl-]. The van der Waals surface area contributed by atoms with Crippen LogP contribution in [-0.4, -0.2) is 258 Å². The second-order valence-electron chi connectivity index (χ2n) is 32.6. The van der Waals surface area contributed by atoms with Gasteiger partial charge in [-0.1, -0.05) is 85.0 Å². The molecular weight excluding hydrogens is 1690 g/mol. The van der Waals surface area contributed by atoms with E-state index in [1.165, 1.54) is 78.8 Å². The lowest BCUT2D eigenvalue weighted by atomic mass is 9.99. The lowest BCUT2D eigenvalue weighted by Gasteiger charge is -2.42. The maximum absolute atomic E-state index is 14.0. The highest BCUT2D eigenvalue weighted by Gasteiger charge is 2.44. The summed E-state index contributed by atoms with van der Waals surface area (Å²) in [5, 5.41) is 17.8. The van der Waals surface area contributed by atoms with Crippen molar-refractivity contribution in [1.82, 2.24) is 88.5 Å². The number of hydrogen-bond donors (Lipinski definition) is 7. The molecule has 0 saturated carbocycles. The number of nitrogens with one attached hydrogen (secondary N) is 5. The van der Waals surface area contributed by atoms with Crippen molar-refractivity contribution in [2.45, 2.75) is 103 Å². The topological polar surface area (TPSA) is 380 Å². The number of alkyl halides is 3. The molecule has 3 aromatic carbocycles. The van der Waals surface area contributed by atoms with Crippen molar-refractivity contribution in [2.75, 3.05) is 132 Å². The molecule has 40 heteroatoms. The van der Waals surface area contributed by atoms with Gasteiger partial charge in [-0.15, -0.1) is 0 Å². The zero-order chi connectivity index (χ0) is 90.3. The first-order valence-corrected chi connectivity index (χ1v) is 40.1. The number of nitrogens with two attached hydrogens (primary N) is 2. The molecule has 4 aliphatic heterocycles. The van der Waals surface area contributed by atoms with Crippen molar-refractivity contribution >= 4 is 149 Å². The van der Waals surface area contributed by atoms with Crippen LogP contribution in [0.2, 0.25) is 15.1 Å². The summed E-state index contributed by atoms with van der Waals surface area (Å²) in [6, 6.07) is 25.1. The highest BCUT2D eigenvalue weighted by atomic mass is 35.5. The number of hydrogen-bond acceptors (Lipinski definition) is 19. The Bertz CT molecular complexity index is 5900. The van der Waals surface area contributed by atoms with Gasteiger partial charge >= 0.3 is 6.03 Å². The van der Waals surface area contributed by atoms with Gasteiger partial charge in [-0.05, 0) is 106 Å². The average molecular weight is 1790 g/mol. The molecule has 0 bridgehead atoms. The molecule has 0 aliphatic carbocycles. The zero-order valence-electron chi connectivity index (χ0n) is 71.6. The van der Waals surface area contributed by atoms with Crippen LogP contribution in [-0.2, 0) is 60.7 Å².